The Morgan fingerprint density at radius 3 is 2.72 bits per heavy atom. The van der Waals surface area contributed by atoms with E-state index >= 15 is 0 Å². The monoisotopic (exact) mass is 348 g/mol. The van der Waals surface area contributed by atoms with Crippen LogP contribution >= 0.6 is 38.9 Å². The lowest BCUT2D eigenvalue weighted by Gasteiger charge is -2.09. The van der Waals surface area contributed by atoms with Crippen molar-refractivity contribution >= 4 is 38.9 Å². The molecule has 0 bridgehead atoms. The van der Waals surface area contributed by atoms with E-state index in [-0.39, 0.29) is 5.02 Å². The topological polar surface area (TPSA) is 20.2 Å². The highest BCUT2D eigenvalue weighted by Gasteiger charge is 2.13. The minimum atomic E-state index is -0.596. The smallest absolute Gasteiger partial charge is 0.141 e. The van der Waals surface area contributed by atoms with E-state index in [4.69, 9.17) is 11.6 Å². The first-order chi connectivity index (χ1) is 8.47. The fourth-order valence-electron chi connectivity index (χ4n) is 1.64. The van der Waals surface area contributed by atoms with Gasteiger partial charge in [0, 0.05) is 11.3 Å². The Bertz CT molecular complexity index is 551. The number of aryl methyl sites for hydroxylation is 1. The third-order valence-corrected chi connectivity index (χ3v) is 5.15. The van der Waals surface area contributed by atoms with Gasteiger partial charge in [-0.2, -0.15) is 0 Å². The number of aliphatic hydroxyl groups excluding tert-OH is 1. The maximum Gasteiger partial charge on any atom is 0.141 e. The highest BCUT2D eigenvalue weighted by Crippen LogP contribution is 2.33. The van der Waals surface area contributed by atoms with Gasteiger partial charge in [0.25, 0.3) is 0 Å². The maximum absolute atomic E-state index is 13.0. The first-order valence-corrected chi connectivity index (χ1v) is 7.34. The van der Waals surface area contributed by atoms with Gasteiger partial charge in [-0.05, 0) is 52.2 Å². The van der Waals surface area contributed by atoms with Crippen LogP contribution in [0.3, 0.4) is 0 Å². The minimum absolute atomic E-state index is 0.0863. The Morgan fingerprint density at radius 1 is 1.44 bits per heavy atom. The second-order valence-corrected chi connectivity index (χ2v) is 6.88. The van der Waals surface area contributed by atoms with E-state index in [1.165, 1.54) is 17.4 Å². The molecule has 0 aliphatic rings. The molecule has 0 amide bonds. The van der Waals surface area contributed by atoms with Crippen LogP contribution in [0.2, 0.25) is 5.02 Å². The van der Waals surface area contributed by atoms with Crippen LogP contribution in [0.1, 0.15) is 22.1 Å². The SMILES string of the molecule is Cc1cc(C(O)Cc2ccc(F)c(Cl)c2)sc1Br. The van der Waals surface area contributed by atoms with Crippen molar-refractivity contribution in [3.63, 3.8) is 0 Å². The normalized spacial score (nSPS) is 12.7. The van der Waals surface area contributed by atoms with Crippen molar-refractivity contribution < 1.29 is 9.50 Å². The van der Waals surface area contributed by atoms with Crippen molar-refractivity contribution in [2.75, 3.05) is 0 Å². The van der Waals surface area contributed by atoms with Crippen LogP contribution in [0, 0.1) is 12.7 Å². The molecule has 1 unspecified atom stereocenters. The Morgan fingerprint density at radius 2 is 2.17 bits per heavy atom. The molecule has 1 aromatic carbocycles. The van der Waals surface area contributed by atoms with E-state index in [0.717, 1.165) is 19.8 Å². The summed E-state index contributed by atoms with van der Waals surface area (Å²) >= 11 is 10.6. The third kappa shape index (κ3) is 3.12. The van der Waals surface area contributed by atoms with E-state index in [9.17, 15) is 9.50 Å². The zero-order chi connectivity index (χ0) is 13.3. The van der Waals surface area contributed by atoms with E-state index in [2.05, 4.69) is 15.9 Å². The number of rotatable bonds is 3. The summed E-state index contributed by atoms with van der Waals surface area (Å²) in [5, 5.41) is 10.2. The van der Waals surface area contributed by atoms with Crippen LogP contribution in [0.5, 0.6) is 0 Å². The van der Waals surface area contributed by atoms with Gasteiger partial charge in [0.1, 0.15) is 5.82 Å². The fraction of sp³-hybridized carbons (Fsp3) is 0.231. The summed E-state index contributed by atoms with van der Waals surface area (Å²) in [7, 11) is 0. The molecule has 1 heterocycles. The van der Waals surface area contributed by atoms with Crippen LogP contribution in [-0.4, -0.2) is 5.11 Å². The quantitative estimate of drug-likeness (QED) is 0.836. The van der Waals surface area contributed by atoms with Crippen molar-refractivity contribution in [2.24, 2.45) is 0 Å². The fourth-order valence-corrected chi connectivity index (χ4v) is 3.40. The molecule has 5 heteroatoms. The first kappa shape index (κ1) is 14.0. The molecule has 2 rings (SSSR count). The average Bonchev–Trinajstić information content (AvgIpc) is 2.65. The molecular weight excluding hydrogens is 339 g/mol. The van der Waals surface area contributed by atoms with Crippen LogP contribution in [0.15, 0.2) is 28.1 Å². The molecule has 2 aromatic rings. The second-order valence-electron chi connectivity index (χ2n) is 4.07. The summed E-state index contributed by atoms with van der Waals surface area (Å²) < 4.78 is 14.0. The standard InChI is InChI=1S/C13H11BrClFOS/c1-7-4-12(18-13(7)14)11(17)6-8-2-3-10(16)9(15)5-8/h2-5,11,17H,6H2,1H3. The lowest BCUT2D eigenvalue weighted by Crippen LogP contribution is -1.99. The molecule has 1 aromatic heterocycles. The molecule has 0 aliphatic heterocycles. The van der Waals surface area contributed by atoms with Crippen molar-refractivity contribution in [1.82, 2.24) is 0 Å². The molecule has 18 heavy (non-hydrogen) atoms. The van der Waals surface area contributed by atoms with Crippen molar-refractivity contribution in [2.45, 2.75) is 19.4 Å². The first-order valence-electron chi connectivity index (χ1n) is 5.35. The van der Waals surface area contributed by atoms with Crippen molar-refractivity contribution in [3.05, 3.63) is 54.9 Å². The number of thiophene rings is 1. The Balaban J connectivity index is 2.15. The molecule has 1 N–H and O–H groups in total. The van der Waals surface area contributed by atoms with Crippen LogP contribution in [0.25, 0.3) is 0 Å². The van der Waals surface area contributed by atoms with Crippen LogP contribution in [-0.2, 0) is 6.42 Å². The van der Waals surface area contributed by atoms with Crippen molar-refractivity contribution in [1.29, 1.82) is 0 Å². The molecule has 0 radical (unpaired) electrons. The lowest BCUT2D eigenvalue weighted by molar-refractivity contribution is 0.182. The van der Waals surface area contributed by atoms with Gasteiger partial charge < -0.3 is 5.11 Å². The Kier molecular flexibility index (Phi) is 4.43. The van der Waals surface area contributed by atoms with Gasteiger partial charge in [0.15, 0.2) is 0 Å². The number of hydrogen-bond donors (Lipinski definition) is 1. The number of aliphatic hydroxyl groups is 1. The van der Waals surface area contributed by atoms with E-state index in [1.807, 2.05) is 13.0 Å². The third-order valence-electron chi connectivity index (χ3n) is 2.62. The molecule has 0 aliphatic carbocycles. The summed E-state index contributed by atoms with van der Waals surface area (Å²) in [5.74, 6) is -0.440. The largest absolute Gasteiger partial charge is 0.387 e. The molecule has 0 saturated heterocycles. The Hall–Kier alpha value is -0.420. The van der Waals surface area contributed by atoms with Gasteiger partial charge in [-0.15, -0.1) is 11.3 Å². The van der Waals surface area contributed by atoms with Crippen LogP contribution < -0.4 is 0 Å². The highest BCUT2D eigenvalue weighted by atomic mass is 79.9. The van der Waals surface area contributed by atoms with Gasteiger partial charge in [-0.1, -0.05) is 17.7 Å². The summed E-state index contributed by atoms with van der Waals surface area (Å²) in [5.41, 5.74) is 1.92. The molecule has 0 saturated carbocycles. The van der Waals surface area contributed by atoms with E-state index in [1.54, 1.807) is 12.1 Å². The predicted octanol–water partition coefficient (Wildman–Crippen LogP) is 4.89. The predicted molar refractivity (Wildman–Crippen MR) is 76.8 cm³/mol. The zero-order valence-corrected chi connectivity index (χ0v) is 12.7. The van der Waals surface area contributed by atoms with Gasteiger partial charge in [0.05, 0.1) is 14.9 Å². The number of halogens is 3. The zero-order valence-electron chi connectivity index (χ0n) is 9.58. The second kappa shape index (κ2) is 5.70. The van der Waals surface area contributed by atoms with E-state index < -0.39 is 11.9 Å². The van der Waals surface area contributed by atoms with Gasteiger partial charge in [-0.25, -0.2) is 4.39 Å². The summed E-state index contributed by atoms with van der Waals surface area (Å²) in [6.07, 6.45) is -0.173. The Labute approximate surface area is 122 Å². The minimum Gasteiger partial charge on any atom is -0.387 e. The molecule has 0 spiro atoms. The molecular formula is C13H11BrClFOS. The molecule has 1 atom stereocenters. The molecule has 0 fully saturated rings. The maximum atomic E-state index is 13.0. The lowest BCUT2D eigenvalue weighted by atomic mass is 10.1. The summed E-state index contributed by atoms with van der Waals surface area (Å²) in [6.45, 7) is 1.98. The highest BCUT2D eigenvalue weighted by molar-refractivity contribution is 9.11. The number of hydrogen-bond acceptors (Lipinski definition) is 2. The van der Waals surface area contributed by atoms with Crippen molar-refractivity contribution in [3.8, 4) is 0 Å². The van der Waals surface area contributed by atoms with E-state index in [0.29, 0.717) is 6.42 Å². The van der Waals surface area contributed by atoms with Crippen LogP contribution in [0.4, 0.5) is 4.39 Å². The number of benzene rings is 1. The van der Waals surface area contributed by atoms with Gasteiger partial charge >= 0.3 is 0 Å². The molecule has 96 valence electrons. The molecule has 1 nitrogen and oxygen atoms in total. The average molecular weight is 350 g/mol. The van der Waals surface area contributed by atoms with Gasteiger partial charge in [-0.3, -0.25) is 0 Å². The summed E-state index contributed by atoms with van der Waals surface area (Å²) in [6, 6.07) is 6.46. The summed E-state index contributed by atoms with van der Waals surface area (Å²) in [4.78, 5) is 0.889. The van der Waals surface area contributed by atoms with Gasteiger partial charge in [0.2, 0.25) is 0 Å².